The minimum absolute atomic E-state index is 0.164. The van der Waals surface area contributed by atoms with Crippen LogP contribution in [0, 0.1) is 20.8 Å². The SMILES string of the molecule is Cc1ccc(NC(=O)c2c(C)nn(C)c2C)cc1Cl. The number of carbonyl (C=O) groups excluding carboxylic acids is 1. The highest BCUT2D eigenvalue weighted by Crippen LogP contribution is 2.21. The van der Waals surface area contributed by atoms with E-state index in [4.69, 9.17) is 11.6 Å². The number of halogens is 1. The van der Waals surface area contributed by atoms with Crippen LogP contribution in [-0.2, 0) is 7.05 Å². The summed E-state index contributed by atoms with van der Waals surface area (Å²) >= 11 is 6.04. The van der Waals surface area contributed by atoms with Crippen LogP contribution >= 0.6 is 11.6 Å². The third-order valence-corrected chi connectivity index (χ3v) is 3.57. The number of anilines is 1. The van der Waals surface area contributed by atoms with Crippen LogP contribution in [-0.4, -0.2) is 15.7 Å². The minimum Gasteiger partial charge on any atom is -0.322 e. The largest absolute Gasteiger partial charge is 0.322 e. The second-order valence-corrected chi connectivity index (χ2v) is 4.99. The van der Waals surface area contributed by atoms with Crippen LogP contribution < -0.4 is 5.32 Å². The molecule has 1 aromatic carbocycles. The highest BCUT2D eigenvalue weighted by molar-refractivity contribution is 6.31. The number of rotatable bonds is 2. The van der Waals surface area contributed by atoms with Gasteiger partial charge in [0.15, 0.2) is 0 Å². The Morgan fingerprint density at radius 2 is 2.00 bits per heavy atom. The summed E-state index contributed by atoms with van der Waals surface area (Å²) in [6, 6.07) is 5.46. The molecule has 100 valence electrons. The van der Waals surface area contributed by atoms with E-state index in [1.165, 1.54) is 0 Å². The van der Waals surface area contributed by atoms with Crippen molar-refractivity contribution in [3.63, 3.8) is 0 Å². The summed E-state index contributed by atoms with van der Waals surface area (Å²) in [5.74, 6) is -0.164. The molecule has 0 bridgehead atoms. The Kier molecular flexibility index (Phi) is 3.62. The molecule has 0 saturated carbocycles. The molecule has 0 atom stereocenters. The van der Waals surface area contributed by atoms with E-state index in [0.29, 0.717) is 16.3 Å². The normalized spacial score (nSPS) is 10.6. The van der Waals surface area contributed by atoms with Crippen LogP contribution in [0.5, 0.6) is 0 Å². The van der Waals surface area contributed by atoms with Crippen molar-refractivity contribution in [2.75, 3.05) is 5.32 Å². The number of benzene rings is 1. The van der Waals surface area contributed by atoms with Crippen LogP contribution in [0.1, 0.15) is 27.3 Å². The lowest BCUT2D eigenvalue weighted by Gasteiger charge is -2.07. The van der Waals surface area contributed by atoms with Crippen LogP contribution in [0.3, 0.4) is 0 Å². The van der Waals surface area contributed by atoms with E-state index in [-0.39, 0.29) is 5.91 Å². The predicted molar refractivity (Wildman–Crippen MR) is 76.8 cm³/mol. The molecule has 1 N–H and O–H groups in total. The summed E-state index contributed by atoms with van der Waals surface area (Å²) in [5, 5.41) is 7.72. The molecule has 19 heavy (non-hydrogen) atoms. The molecule has 1 heterocycles. The lowest BCUT2D eigenvalue weighted by Crippen LogP contribution is -2.14. The molecule has 4 nitrogen and oxygen atoms in total. The Labute approximate surface area is 117 Å². The number of carbonyl (C=O) groups is 1. The number of aryl methyl sites for hydroxylation is 3. The molecule has 0 unspecified atom stereocenters. The maximum atomic E-state index is 12.3. The Morgan fingerprint density at radius 1 is 1.32 bits per heavy atom. The van der Waals surface area contributed by atoms with Gasteiger partial charge in [-0.05, 0) is 38.5 Å². The number of hydrogen-bond acceptors (Lipinski definition) is 2. The molecule has 0 fully saturated rings. The zero-order chi connectivity index (χ0) is 14.2. The van der Waals surface area contributed by atoms with Crippen molar-refractivity contribution in [2.45, 2.75) is 20.8 Å². The van der Waals surface area contributed by atoms with Crippen molar-refractivity contribution < 1.29 is 4.79 Å². The zero-order valence-electron chi connectivity index (χ0n) is 11.4. The molecule has 1 aromatic heterocycles. The van der Waals surface area contributed by atoms with E-state index in [1.54, 1.807) is 10.7 Å². The standard InChI is InChI=1S/C14H16ClN3O/c1-8-5-6-11(7-12(8)15)16-14(19)13-9(2)17-18(4)10(13)3/h5-7H,1-4H3,(H,16,19). The third kappa shape index (κ3) is 2.63. The van der Waals surface area contributed by atoms with Gasteiger partial charge in [0.1, 0.15) is 0 Å². The molecule has 1 amide bonds. The fourth-order valence-corrected chi connectivity index (χ4v) is 2.15. The van der Waals surface area contributed by atoms with Crippen molar-refractivity contribution in [3.8, 4) is 0 Å². The number of amides is 1. The van der Waals surface area contributed by atoms with Crippen molar-refractivity contribution in [2.24, 2.45) is 7.05 Å². The lowest BCUT2D eigenvalue weighted by molar-refractivity contribution is 0.102. The molecule has 0 radical (unpaired) electrons. The minimum atomic E-state index is -0.164. The van der Waals surface area contributed by atoms with Crippen molar-refractivity contribution in [3.05, 3.63) is 45.7 Å². The summed E-state index contributed by atoms with van der Waals surface area (Å²) in [5.41, 5.74) is 3.83. The van der Waals surface area contributed by atoms with Crippen molar-refractivity contribution >= 4 is 23.2 Å². The van der Waals surface area contributed by atoms with E-state index in [1.807, 2.05) is 40.0 Å². The second-order valence-electron chi connectivity index (χ2n) is 4.59. The van der Waals surface area contributed by atoms with Crippen LogP contribution in [0.15, 0.2) is 18.2 Å². The van der Waals surface area contributed by atoms with E-state index < -0.39 is 0 Å². The zero-order valence-corrected chi connectivity index (χ0v) is 12.2. The summed E-state index contributed by atoms with van der Waals surface area (Å²) in [6.07, 6.45) is 0. The molecule has 0 aliphatic heterocycles. The van der Waals surface area contributed by atoms with Crippen molar-refractivity contribution in [1.82, 2.24) is 9.78 Å². The Bertz CT molecular complexity index is 646. The predicted octanol–water partition coefficient (Wildman–Crippen LogP) is 3.25. The van der Waals surface area contributed by atoms with E-state index in [0.717, 1.165) is 17.0 Å². The van der Waals surface area contributed by atoms with Crippen molar-refractivity contribution in [1.29, 1.82) is 0 Å². The fraction of sp³-hybridized carbons (Fsp3) is 0.286. The Hall–Kier alpha value is -1.81. The first kappa shape index (κ1) is 13.6. The first-order chi connectivity index (χ1) is 8.90. The highest BCUT2D eigenvalue weighted by Gasteiger charge is 2.17. The van der Waals surface area contributed by atoms with Gasteiger partial charge >= 0.3 is 0 Å². The summed E-state index contributed by atoms with van der Waals surface area (Å²) in [7, 11) is 1.82. The van der Waals surface area contributed by atoms with Gasteiger partial charge in [-0.1, -0.05) is 17.7 Å². The first-order valence-corrected chi connectivity index (χ1v) is 6.35. The van der Waals surface area contributed by atoms with Gasteiger partial charge < -0.3 is 5.32 Å². The highest BCUT2D eigenvalue weighted by atomic mass is 35.5. The van der Waals surface area contributed by atoms with Gasteiger partial charge in [-0.25, -0.2) is 0 Å². The van der Waals surface area contributed by atoms with E-state index in [2.05, 4.69) is 10.4 Å². The molecular formula is C14H16ClN3O. The molecule has 0 aliphatic carbocycles. The average molecular weight is 278 g/mol. The van der Waals surface area contributed by atoms with Gasteiger partial charge in [0.25, 0.3) is 5.91 Å². The van der Waals surface area contributed by atoms with Gasteiger partial charge in [0, 0.05) is 23.5 Å². The first-order valence-electron chi connectivity index (χ1n) is 5.98. The molecule has 0 aliphatic rings. The van der Waals surface area contributed by atoms with Crippen LogP contribution in [0.2, 0.25) is 5.02 Å². The molecule has 5 heteroatoms. The van der Waals surface area contributed by atoms with Crippen LogP contribution in [0.25, 0.3) is 0 Å². The molecule has 2 aromatic rings. The number of aromatic nitrogens is 2. The number of hydrogen-bond donors (Lipinski definition) is 1. The van der Waals surface area contributed by atoms with Gasteiger partial charge in [-0.3, -0.25) is 9.48 Å². The topological polar surface area (TPSA) is 46.9 Å². The molecule has 0 saturated heterocycles. The van der Waals surface area contributed by atoms with Crippen LogP contribution in [0.4, 0.5) is 5.69 Å². The van der Waals surface area contributed by atoms with Gasteiger partial charge in [-0.15, -0.1) is 0 Å². The van der Waals surface area contributed by atoms with E-state index in [9.17, 15) is 4.79 Å². The van der Waals surface area contributed by atoms with Gasteiger partial charge in [0.05, 0.1) is 11.3 Å². The number of nitrogens with one attached hydrogen (secondary N) is 1. The van der Waals surface area contributed by atoms with E-state index >= 15 is 0 Å². The fourth-order valence-electron chi connectivity index (χ4n) is 1.97. The monoisotopic (exact) mass is 277 g/mol. The smallest absolute Gasteiger partial charge is 0.259 e. The molecule has 0 spiro atoms. The Morgan fingerprint density at radius 3 is 2.53 bits per heavy atom. The quantitative estimate of drug-likeness (QED) is 0.916. The summed E-state index contributed by atoms with van der Waals surface area (Å²) in [6.45, 7) is 5.62. The summed E-state index contributed by atoms with van der Waals surface area (Å²) in [4.78, 5) is 12.3. The number of nitrogens with zero attached hydrogens (tertiary/aromatic N) is 2. The maximum absolute atomic E-state index is 12.3. The van der Waals surface area contributed by atoms with Gasteiger partial charge in [-0.2, -0.15) is 5.10 Å². The third-order valence-electron chi connectivity index (χ3n) is 3.17. The average Bonchev–Trinajstić information content (AvgIpc) is 2.58. The summed E-state index contributed by atoms with van der Waals surface area (Å²) < 4.78 is 1.70. The molecular weight excluding hydrogens is 262 g/mol. The molecule has 2 rings (SSSR count). The Balaban J connectivity index is 2.28. The second kappa shape index (κ2) is 5.05. The van der Waals surface area contributed by atoms with Gasteiger partial charge in [0.2, 0.25) is 0 Å². The maximum Gasteiger partial charge on any atom is 0.259 e. The lowest BCUT2D eigenvalue weighted by atomic mass is 10.1.